The van der Waals surface area contributed by atoms with Gasteiger partial charge in [-0.2, -0.15) is 0 Å². The molecule has 0 aromatic heterocycles. The number of methoxy groups -OCH3 is 1. The molecule has 18 heavy (non-hydrogen) atoms. The second-order valence-corrected chi connectivity index (χ2v) is 4.96. The maximum atomic E-state index is 11.7. The van der Waals surface area contributed by atoms with Crippen molar-refractivity contribution in [2.75, 3.05) is 20.2 Å². The molecule has 0 bridgehead atoms. The topological polar surface area (TPSA) is 55.6 Å². The Hall–Kier alpha value is -1.55. The molecule has 4 heteroatoms. The number of ether oxygens (including phenoxy) is 1. The third-order valence-electron chi connectivity index (χ3n) is 3.36. The Bertz CT molecular complexity index is 434. The summed E-state index contributed by atoms with van der Waals surface area (Å²) in [6.07, 6.45) is 0.638. The van der Waals surface area contributed by atoms with Gasteiger partial charge in [0, 0.05) is 25.1 Å². The SMILES string of the molecule is COc1ccccc1C(N)CN1CC(C)CC1=O. The Balaban J connectivity index is 2.07. The molecule has 2 unspecified atom stereocenters. The van der Waals surface area contributed by atoms with Crippen molar-refractivity contribution < 1.29 is 9.53 Å². The number of nitrogens with zero attached hydrogens (tertiary/aromatic N) is 1. The van der Waals surface area contributed by atoms with E-state index in [1.165, 1.54) is 0 Å². The van der Waals surface area contributed by atoms with Crippen molar-refractivity contribution in [1.82, 2.24) is 4.90 Å². The van der Waals surface area contributed by atoms with Crippen LogP contribution in [0.1, 0.15) is 24.9 Å². The molecule has 2 N–H and O–H groups in total. The molecule has 1 aromatic carbocycles. The summed E-state index contributed by atoms with van der Waals surface area (Å²) in [7, 11) is 1.63. The quantitative estimate of drug-likeness (QED) is 0.879. The molecule has 1 aromatic rings. The monoisotopic (exact) mass is 248 g/mol. The van der Waals surface area contributed by atoms with E-state index in [1.54, 1.807) is 7.11 Å². The summed E-state index contributed by atoms with van der Waals surface area (Å²) < 4.78 is 5.30. The van der Waals surface area contributed by atoms with Gasteiger partial charge in [0.05, 0.1) is 13.2 Å². The van der Waals surface area contributed by atoms with Gasteiger partial charge in [0.1, 0.15) is 5.75 Å². The van der Waals surface area contributed by atoms with Crippen molar-refractivity contribution in [2.24, 2.45) is 11.7 Å². The van der Waals surface area contributed by atoms with Crippen molar-refractivity contribution in [3.05, 3.63) is 29.8 Å². The highest BCUT2D eigenvalue weighted by Gasteiger charge is 2.28. The highest BCUT2D eigenvalue weighted by atomic mass is 16.5. The Morgan fingerprint density at radius 3 is 2.83 bits per heavy atom. The first-order valence-electron chi connectivity index (χ1n) is 6.28. The van der Waals surface area contributed by atoms with E-state index >= 15 is 0 Å². The average Bonchev–Trinajstić information content (AvgIpc) is 2.67. The minimum absolute atomic E-state index is 0.199. The molecule has 0 aliphatic carbocycles. The number of likely N-dealkylation sites (tertiary alicyclic amines) is 1. The van der Waals surface area contributed by atoms with Crippen LogP contribution in [0, 0.1) is 5.92 Å². The number of para-hydroxylation sites is 1. The van der Waals surface area contributed by atoms with E-state index in [0.717, 1.165) is 17.9 Å². The number of carbonyl (C=O) groups excluding carboxylic acids is 1. The number of hydrogen-bond acceptors (Lipinski definition) is 3. The number of amides is 1. The summed E-state index contributed by atoms with van der Waals surface area (Å²) in [5, 5.41) is 0. The summed E-state index contributed by atoms with van der Waals surface area (Å²) in [6.45, 7) is 3.46. The van der Waals surface area contributed by atoms with Gasteiger partial charge in [-0.15, -0.1) is 0 Å². The molecular weight excluding hydrogens is 228 g/mol. The smallest absolute Gasteiger partial charge is 0.222 e. The molecule has 0 saturated carbocycles. The molecule has 98 valence electrons. The molecular formula is C14H20N2O2. The molecule has 1 saturated heterocycles. The van der Waals surface area contributed by atoms with Crippen molar-refractivity contribution in [2.45, 2.75) is 19.4 Å². The molecule has 1 fully saturated rings. The fourth-order valence-corrected chi connectivity index (χ4v) is 2.45. The normalized spacial score (nSPS) is 21.2. The first-order chi connectivity index (χ1) is 8.61. The summed E-state index contributed by atoms with van der Waals surface area (Å²) in [6, 6.07) is 7.50. The lowest BCUT2D eigenvalue weighted by Gasteiger charge is -2.22. The summed E-state index contributed by atoms with van der Waals surface area (Å²) in [5.74, 6) is 1.42. The van der Waals surface area contributed by atoms with Gasteiger partial charge in [-0.3, -0.25) is 4.79 Å². The predicted molar refractivity (Wildman–Crippen MR) is 70.3 cm³/mol. The van der Waals surface area contributed by atoms with Crippen LogP contribution >= 0.6 is 0 Å². The van der Waals surface area contributed by atoms with Gasteiger partial charge in [-0.1, -0.05) is 25.1 Å². The summed E-state index contributed by atoms with van der Waals surface area (Å²) >= 11 is 0. The second-order valence-electron chi connectivity index (χ2n) is 4.96. The molecule has 1 heterocycles. The highest BCUT2D eigenvalue weighted by molar-refractivity contribution is 5.78. The van der Waals surface area contributed by atoms with Gasteiger partial charge in [-0.05, 0) is 12.0 Å². The molecule has 0 radical (unpaired) electrons. The van der Waals surface area contributed by atoms with E-state index in [1.807, 2.05) is 29.2 Å². The van der Waals surface area contributed by atoms with Gasteiger partial charge in [0.2, 0.25) is 5.91 Å². The average molecular weight is 248 g/mol. The summed E-state index contributed by atoms with van der Waals surface area (Å²) in [4.78, 5) is 13.6. The minimum atomic E-state index is -0.199. The van der Waals surface area contributed by atoms with Crippen LogP contribution in [0.4, 0.5) is 0 Å². The van der Waals surface area contributed by atoms with Crippen LogP contribution in [0.25, 0.3) is 0 Å². The van der Waals surface area contributed by atoms with Gasteiger partial charge < -0.3 is 15.4 Å². The zero-order valence-corrected chi connectivity index (χ0v) is 10.9. The third-order valence-corrected chi connectivity index (χ3v) is 3.36. The zero-order valence-electron chi connectivity index (χ0n) is 10.9. The van der Waals surface area contributed by atoms with Crippen LogP contribution in [0.15, 0.2) is 24.3 Å². The van der Waals surface area contributed by atoms with Crippen LogP contribution in [0.5, 0.6) is 5.75 Å². The first-order valence-corrected chi connectivity index (χ1v) is 6.28. The van der Waals surface area contributed by atoms with Crippen molar-refractivity contribution >= 4 is 5.91 Å². The summed E-state index contributed by atoms with van der Waals surface area (Å²) in [5.41, 5.74) is 7.14. The number of benzene rings is 1. The zero-order chi connectivity index (χ0) is 13.1. The number of carbonyl (C=O) groups is 1. The lowest BCUT2D eigenvalue weighted by molar-refractivity contribution is -0.127. The first kappa shape index (κ1) is 12.9. The molecule has 4 nitrogen and oxygen atoms in total. The van der Waals surface area contributed by atoms with Crippen LogP contribution in [0.3, 0.4) is 0 Å². The van der Waals surface area contributed by atoms with Crippen molar-refractivity contribution in [3.63, 3.8) is 0 Å². The minimum Gasteiger partial charge on any atom is -0.496 e. The fraction of sp³-hybridized carbons (Fsp3) is 0.500. The molecule has 1 amide bonds. The van der Waals surface area contributed by atoms with Crippen molar-refractivity contribution in [1.29, 1.82) is 0 Å². The van der Waals surface area contributed by atoms with Crippen molar-refractivity contribution in [3.8, 4) is 5.75 Å². The van der Waals surface area contributed by atoms with Crippen LogP contribution in [-0.4, -0.2) is 31.0 Å². The maximum Gasteiger partial charge on any atom is 0.222 e. The Morgan fingerprint density at radius 1 is 1.50 bits per heavy atom. The molecule has 2 rings (SSSR count). The van der Waals surface area contributed by atoms with E-state index in [4.69, 9.17) is 10.5 Å². The van der Waals surface area contributed by atoms with Gasteiger partial charge >= 0.3 is 0 Å². The number of hydrogen-bond donors (Lipinski definition) is 1. The molecule has 1 aliphatic heterocycles. The van der Waals surface area contributed by atoms with Gasteiger partial charge in [-0.25, -0.2) is 0 Å². The highest BCUT2D eigenvalue weighted by Crippen LogP contribution is 2.26. The van der Waals surface area contributed by atoms with E-state index in [-0.39, 0.29) is 11.9 Å². The molecule has 1 aliphatic rings. The Morgan fingerprint density at radius 2 is 2.22 bits per heavy atom. The standard InChI is InChI=1S/C14H20N2O2/c1-10-7-14(17)16(8-10)9-12(15)11-5-3-4-6-13(11)18-2/h3-6,10,12H,7-9,15H2,1-2H3. The van der Waals surface area contributed by atoms with E-state index in [9.17, 15) is 4.79 Å². The lowest BCUT2D eigenvalue weighted by atomic mass is 10.1. The lowest BCUT2D eigenvalue weighted by Crippen LogP contribution is -2.33. The predicted octanol–water partition coefficient (Wildman–Crippen LogP) is 1.56. The Labute approximate surface area is 108 Å². The second kappa shape index (κ2) is 5.40. The maximum absolute atomic E-state index is 11.7. The van der Waals surface area contributed by atoms with Crippen LogP contribution < -0.4 is 10.5 Å². The van der Waals surface area contributed by atoms with Gasteiger partial charge in [0.25, 0.3) is 0 Å². The van der Waals surface area contributed by atoms with Gasteiger partial charge in [0.15, 0.2) is 0 Å². The molecule has 2 atom stereocenters. The largest absolute Gasteiger partial charge is 0.496 e. The number of nitrogens with two attached hydrogens (primary N) is 1. The van der Waals surface area contributed by atoms with Crippen LogP contribution in [-0.2, 0) is 4.79 Å². The fourth-order valence-electron chi connectivity index (χ4n) is 2.45. The van der Waals surface area contributed by atoms with E-state index in [2.05, 4.69) is 6.92 Å². The molecule has 0 spiro atoms. The van der Waals surface area contributed by atoms with E-state index < -0.39 is 0 Å². The number of rotatable bonds is 4. The van der Waals surface area contributed by atoms with E-state index in [0.29, 0.717) is 18.9 Å². The van der Waals surface area contributed by atoms with Crippen LogP contribution in [0.2, 0.25) is 0 Å². The third kappa shape index (κ3) is 2.64. The Kier molecular flexibility index (Phi) is 3.87.